The summed E-state index contributed by atoms with van der Waals surface area (Å²) >= 11 is 12.0. The summed E-state index contributed by atoms with van der Waals surface area (Å²) in [7, 11) is 0. The fraction of sp³-hybridized carbons (Fsp3) is 0.611. The molecular formula is C18H26Cl2N2O2. The Balaban J connectivity index is 2.04. The Morgan fingerprint density at radius 2 is 1.92 bits per heavy atom. The highest BCUT2D eigenvalue weighted by Crippen LogP contribution is 2.22. The van der Waals surface area contributed by atoms with Crippen LogP contribution in [0.25, 0.3) is 0 Å². The van der Waals surface area contributed by atoms with Crippen LogP contribution < -0.4 is 5.32 Å². The Labute approximate surface area is 154 Å². The smallest absolute Gasteiger partial charge is 0.252 e. The first kappa shape index (κ1) is 19.5. The molecule has 1 amide bonds. The number of amides is 1. The van der Waals surface area contributed by atoms with Gasteiger partial charge in [0.2, 0.25) is 0 Å². The van der Waals surface area contributed by atoms with Crippen molar-refractivity contribution in [2.45, 2.75) is 32.7 Å². The monoisotopic (exact) mass is 372 g/mol. The zero-order valence-electron chi connectivity index (χ0n) is 14.4. The van der Waals surface area contributed by atoms with Gasteiger partial charge in [-0.2, -0.15) is 0 Å². The van der Waals surface area contributed by atoms with Crippen LogP contribution in [0.4, 0.5) is 0 Å². The lowest BCUT2D eigenvalue weighted by atomic mass is 9.92. The number of hydrogen-bond acceptors (Lipinski definition) is 3. The van der Waals surface area contributed by atoms with Crippen molar-refractivity contribution >= 4 is 29.1 Å². The minimum atomic E-state index is -0.152. The van der Waals surface area contributed by atoms with Crippen LogP contribution in [0.3, 0.4) is 0 Å². The molecule has 0 aromatic heterocycles. The van der Waals surface area contributed by atoms with E-state index in [2.05, 4.69) is 24.1 Å². The Bertz CT molecular complexity index is 544. The maximum atomic E-state index is 12.5. The third kappa shape index (κ3) is 5.09. The van der Waals surface area contributed by atoms with Gasteiger partial charge in [0.25, 0.3) is 5.91 Å². The third-order valence-corrected chi connectivity index (χ3v) is 5.30. The quantitative estimate of drug-likeness (QED) is 0.789. The highest BCUT2D eigenvalue weighted by Gasteiger charge is 2.27. The summed E-state index contributed by atoms with van der Waals surface area (Å²) in [5.74, 6) is 0.393. The summed E-state index contributed by atoms with van der Waals surface area (Å²) in [5, 5.41) is 3.96. The fourth-order valence-corrected chi connectivity index (χ4v) is 3.80. The van der Waals surface area contributed by atoms with Crippen LogP contribution >= 0.6 is 23.2 Å². The van der Waals surface area contributed by atoms with E-state index in [1.165, 1.54) is 0 Å². The molecule has 1 N–H and O–H groups in total. The minimum Gasteiger partial charge on any atom is -0.379 e. The molecule has 1 aliphatic heterocycles. The average molecular weight is 373 g/mol. The Hall–Kier alpha value is -0.810. The number of nitrogens with one attached hydrogen (secondary N) is 1. The second kappa shape index (κ2) is 9.62. The highest BCUT2D eigenvalue weighted by atomic mass is 35.5. The predicted octanol–water partition coefficient (Wildman–Crippen LogP) is 3.86. The number of ether oxygens (including phenoxy) is 1. The molecule has 1 heterocycles. The molecule has 0 bridgehead atoms. The average Bonchev–Trinajstić information content (AvgIpc) is 2.59. The first-order valence-electron chi connectivity index (χ1n) is 8.61. The highest BCUT2D eigenvalue weighted by molar-refractivity contribution is 6.36. The van der Waals surface area contributed by atoms with E-state index >= 15 is 0 Å². The topological polar surface area (TPSA) is 41.6 Å². The van der Waals surface area contributed by atoms with Crippen molar-refractivity contribution in [1.82, 2.24) is 10.2 Å². The van der Waals surface area contributed by atoms with Gasteiger partial charge in [0.15, 0.2) is 0 Å². The van der Waals surface area contributed by atoms with Crippen molar-refractivity contribution < 1.29 is 9.53 Å². The predicted molar refractivity (Wildman–Crippen MR) is 99.0 cm³/mol. The van der Waals surface area contributed by atoms with Crippen molar-refractivity contribution in [3.63, 3.8) is 0 Å². The molecule has 0 aliphatic carbocycles. The van der Waals surface area contributed by atoms with Crippen molar-refractivity contribution in [2.75, 3.05) is 32.8 Å². The minimum absolute atomic E-state index is 0.152. The normalized spacial score (nSPS) is 17.0. The van der Waals surface area contributed by atoms with Crippen molar-refractivity contribution in [3.8, 4) is 0 Å². The molecule has 2 rings (SSSR count). The van der Waals surface area contributed by atoms with Gasteiger partial charge < -0.3 is 10.1 Å². The number of morpholine rings is 1. The number of rotatable bonds is 7. The summed E-state index contributed by atoms with van der Waals surface area (Å²) in [6.07, 6.45) is 2.19. The van der Waals surface area contributed by atoms with Crippen LogP contribution in [0.15, 0.2) is 18.2 Å². The maximum Gasteiger partial charge on any atom is 0.252 e. The fourth-order valence-electron chi connectivity index (χ4n) is 3.30. The molecule has 1 aromatic carbocycles. The largest absolute Gasteiger partial charge is 0.379 e. The number of halogens is 2. The van der Waals surface area contributed by atoms with Crippen molar-refractivity contribution in [1.29, 1.82) is 0 Å². The molecule has 1 fully saturated rings. The van der Waals surface area contributed by atoms with Gasteiger partial charge in [-0.05, 0) is 24.1 Å². The first-order chi connectivity index (χ1) is 11.6. The second-order valence-electron chi connectivity index (χ2n) is 6.13. The molecule has 1 saturated heterocycles. The van der Waals surface area contributed by atoms with E-state index in [1.807, 2.05) is 0 Å². The Morgan fingerprint density at radius 1 is 1.25 bits per heavy atom. The number of hydrogen-bond donors (Lipinski definition) is 1. The lowest BCUT2D eigenvalue weighted by Gasteiger charge is -2.38. The summed E-state index contributed by atoms with van der Waals surface area (Å²) < 4.78 is 5.46. The van der Waals surface area contributed by atoms with Gasteiger partial charge in [-0.15, -0.1) is 0 Å². The van der Waals surface area contributed by atoms with E-state index in [0.29, 0.717) is 34.1 Å². The van der Waals surface area contributed by atoms with Crippen LogP contribution in [0.2, 0.25) is 10.0 Å². The van der Waals surface area contributed by atoms with Gasteiger partial charge >= 0.3 is 0 Å². The first-order valence-corrected chi connectivity index (χ1v) is 9.37. The van der Waals surface area contributed by atoms with Crippen LogP contribution in [-0.4, -0.2) is 49.7 Å². The number of benzene rings is 1. The molecule has 0 spiro atoms. The zero-order valence-corrected chi connectivity index (χ0v) is 15.9. The number of nitrogens with zero attached hydrogens (tertiary/aromatic N) is 1. The van der Waals surface area contributed by atoms with E-state index < -0.39 is 0 Å². The lowest BCUT2D eigenvalue weighted by Crippen LogP contribution is -2.52. The molecular weight excluding hydrogens is 347 g/mol. The molecule has 24 heavy (non-hydrogen) atoms. The summed E-state index contributed by atoms with van der Waals surface area (Å²) in [4.78, 5) is 14.9. The number of carbonyl (C=O) groups is 1. The van der Waals surface area contributed by atoms with Crippen molar-refractivity contribution in [3.05, 3.63) is 33.8 Å². The maximum absolute atomic E-state index is 12.5. The lowest BCUT2D eigenvalue weighted by molar-refractivity contribution is 0.00191. The zero-order chi connectivity index (χ0) is 17.5. The van der Waals surface area contributed by atoms with Crippen LogP contribution in [0.1, 0.15) is 37.0 Å². The molecule has 0 unspecified atom stereocenters. The van der Waals surface area contributed by atoms with E-state index in [0.717, 1.165) is 39.1 Å². The van der Waals surface area contributed by atoms with Crippen LogP contribution in [-0.2, 0) is 4.74 Å². The van der Waals surface area contributed by atoms with Crippen molar-refractivity contribution in [2.24, 2.45) is 5.92 Å². The molecule has 1 aromatic rings. The third-order valence-electron chi connectivity index (χ3n) is 4.76. The molecule has 1 atom stereocenters. The van der Waals surface area contributed by atoms with Gasteiger partial charge in [-0.25, -0.2) is 0 Å². The standard InChI is InChI=1S/C18H26Cl2N2O2/c1-3-13(4-2)17(22-7-9-24-10-8-22)12-21-18(23)15-6-5-14(19)11-16(15)20/h5-6,11,13,17H,3-4,7-10,12H2,1-2H3,(H,21,23)/t17-/m0/s1. The van der Waals surface area contributed by atoms with Gasteiger partial charge in [0.1, 0.15) is 0 Å². The molecule has 1 aliphatic rings. The molecule has 6 heteroatoms. The van der Waals surface area contributed by atoms with E-state index in [4.69, 9.17) is 27.9 Å². The van der Waals surface area contributed by atoms with E-state index in [-0.39, 0.29) is 5.91 Å². The van der Waals surface area contributed by atoms with Crippen LogP contribution in [0.5, 0.6) is 0 Å². The van der Waals surface area contributed by atoms with Gasteiger partial charge in [-0.1, -0.05) is 49.9 Å². The SMILES string of the molecule is CCC(CC)[C@H](CNC(=O)c1ccc(Cl)cc1Cl)N1CCOCC1. The number of carbonyl (C=O) groups excluding carboxylic acids is 1. The second-order valence-corrected chi connectivity index (χ2v) is 6.97. The summed E-state index contributed by atoms with van der Waals surface area (Å²) in [6.45, 7) is 8.38. The van der Waals surface area contributed by atoms with E-state index in [9.17, 15) is 4.79 Å². The van der Waals surface area contributed by atoms with E-state index in [1.54, 1.807) is 18.2 Å². The molecule has 134 valence electrons. The van der Waals surface area contributed by atoms with Gasteiger partial charge in [0.05, 0.1) is 23.8 Å². The molecule has 4 nitrogen and oxygen atoms in total. The summed E-state index contributed by atoms with van der Waals surface area (Å²) in [6, 6.07) is 5.26. The Morgan fingerprint density at radius 3 is 2.50 bits per heavy atom. The Kier molecular flexibility index (Phi) is 7.82. The van der Waals surface area contributed by atoms with Gasteiger partial charge in [-0.3, -0.25) is 9.69 Å². The van der Waals surface area contributed by atoms with Gasteiger partial charge in [0, 0.05) is 30.7 Å². The van der Waals surface area contributed by atoms with Crippen LogP contribution in [0, 0.1) is 5.92 Å². The molecule has 0 saturated carbocycles. The molecule has 0 radical (unpaired) electrons. The summed E-state index contributed by atoms with van der Waals surface area (Å²) in [5.41, 5.74) is 0.464.